The largest absolute Gasteiger partial charge is 0.461 e. The van der Waals surface area contributed by atoms with E-state index in [0.717, 1.165) is 27.6 Å². The summed E-state index contributed by atoms with van der Waals surface area (Å²) >= 11 is 0. The lowest BCUT2D eigenvalue weighted by molar-refractivity contribution is 0.0484. The standard InChI is InChI=1S/C21H22N2O2/c1-15-8-4-5-9-16(15)20-18-11-7-6-10-17(18)19(14-22-20)21(24)25-13-12-23(2)3/h4-11,14H,12-13H2,1-3H3. The van der Waals surface area contributed by atoms with E-state index in [1.54, 1.807) is 6.20 Å². The molecule has 4 nitrogen and oxygen atoms in total. The van der Waals surface area contributed by atoms with Crippen LogP contribution in [0.3, 0.4) is 0 Å². The number of carbonyl (C=O) groups excluding carboxylic acids is 1. The van der Waals surface area contributed by atoms with Crippen molar-refractivity contribution < 1.29 is 9.53 Å². The molecule has 0 aliphatic heterocycles. The van der Waals surface area contributed by atoms with Crippen LogP contribution in [0.4, 0.5) is 0 Å². The molecule has 3 aromatic rings. The minimum Gasteiger partial charge on any atom is -0.461 e. The number of pyridine rings is 1. The molecular weight excluding hydrogens is 312 g/mol. The van der Waals surface area contributed by atoms with Gasteiger partial charge in [0, 0.05) is 23.7 Å². The van der Waals surface area contributed by atoms with Crippen LogP contribution in [0.15, 0.2) is 54.7 Å². The van der Waals surface area contributed by atoms with Crippen LogP contribution in [0.2, 0.25) is 0 Å². The average Bonchev–Trinajstić information content (AvgIpc) is 2.61. The van der Waals surface area contributed by atoms with Crippen molar-refractivity contribution in [1.82, 2.24) is 9.88 Å². The summed E-state index contributed by atoms with van der Waals surface area (Å²) in [6.07, 6.45) is 1.63. The number of benzene rings is 2. The summed E-state index contributed by atoms with van der Waals surface area (Å²) < 4.78 is 5.40. The summed E-state index contributed by atoms with van der Waals surface area (Å²) in [5, 5.41) is 1.82. The highest BCUT2D eigenvalue weighted by molar-refractivity contribution is 6.08. The normalized spacial score (nSPS) is 11.0. The molecule has 0 N–H and O–H groups in total. The van der Waals surface area contributed by atoms with E-state index in [4.69, 9.17) is 4.74 Å². The van der Waals surface area contributed by atoms with Gasteiger partial charge in [0.25, 0.3) is 0 Å². The number of hydrogen-bond donors (Lipinski definition) is 0. The lowest BCUT2D eigenvalue weighted by Crippen LogP contribution is -2.20. The average molecular weight is 334 g/mol. The Balaban J connectivity index is 2.02. The second kappa shape index (κ2) is 7.45. The maximum absolute atomic E-state index is 12.5. The highest BCUT2D eigenvalue weighted by Crippen LogP contribution is 2.30. The number of fused-ring (bicyclic) bond motifs is 1. The van der Waals surface area contributed by atoms with Gasteiger partial charge in [0.05, 0.1) is 11.3 Å². The van der Waals surface area contributed by atoms with E-state index < -0.39 is 0 Å². The fourth-order valence-corrected chi connectivity index (χ4v) is 2.81. The van der Waals surface area contributed by atoms with Gasteiger partial charge in [0.15, 0.2) is 0 Å². The zero-order valence-electron chi connectivity index (χ0n) is 14.8. The van der Waals surface area contributed by atoms with Crippen molar-refractivity contribution in [2.45, 2.75) is 6.92 Å². The van der Waals surface area contributed by atoms with Gasteiger partial charge >= 0.3 is 5.97 Å². The molecule has 0 spiro atoms. The lowest BCUT2D eigenvalue weighted by atomic mass is 9.98. The summed E-state index contributed by atoms with van der Waals surface area (Å²) in [5.41, 5.74) is 3.62. The van der Waals surface area contributed by atoms with Crippen LogP contribution in [0.1, 0.15) is 15.9 Å². The zero-order chi connectivity index (χ0) is 17.8. The minimum absolute atomic E-state index is 0.332. The quantitative estimate of drug-likeness (QED) is 0.663. The monoisotopic (exact) mass is 334 g/mol. The third-order valence-corrected chi connectivity index (χ3v) is 4.19. The topological polar surface area (TPSA) is 42.4 Å². The molecule has 0 aliphatic rings. The lowest BCUT2D eigenvalue weighted by Gasteiger charge is -2.13. The van der Waals surface area contributed by atoms with Crippen LogP contribution < -0.4 is 0 Å². The number of nitrogens with zero attached hydrogens (tertiary/aromatic N) is 2. The molecule has 2 aromatic carbocycles. The van der Waals surface area contributed by atoms with Gasteiger partial charge in [-0.05, 0) is 32.0 Å². The smallest absolute Gasteiger partial charge is 0.340 e. The molecule has 4 heteroatoms. The van der Waals surface area contributed by atoms with Crippen LogP contribution in [-0.2, 0) is 4.74 Å². The van der Waals surface area contributed by atoms with Crippen molar-refractivity contribution in [2.24, 2.45) is 0 Å². The van der Waals surface area contributed by atoms with E-state index in [2.05, 4.69) is 24.0 Å². The Hall–Kier alpha value is -2.72. The first-order valence-corrected chi connectivity index (χ1v) is 8.33. The number of esters is 1. The fraction of sp³-hybridized carbons (Fsp3) is 0.238. The van der Waals surface area contributed by atoms with Gasteiger partial charge in [-0.15, -0.1) is 0 Å². The van der Waals surface area contributed by atoms with Crippen LogP contribution in [0.25, 0.3) is 22.0 Å². The Morgan fingerprint density at radius 2 is 1.72 bits per heavy atom. The summed E-state index contributed by atoms with van der Waals surface area (Å²) in [4.78, 5) is 19.0. The SMILES string of the molecule is Cc1ccccc1-c1ncc(C(=O)OCCN(C)C)c2ccccc12. The molecule has 1 heterocycles. The zero-order valence-corrected chi connectivity index (χ0v) is 14.8. The van der Waals surface area contributed by atoms with E-state index in [-0.39, 0.29) is 5.97 Å². The fourth-order valence-electron chi connectivity index (χ4n) is 2.81. The van der Waals surface area contributed by atoms with Crippen molar-refractivity contribution in [3.05, 3.63) is 65.9 Å². The second-order valence-electron chi connectivity index (χ2n) is 6.32. The third-order valence-electron chi connectivity index (χ3n) is 4.19. The number of ether oxygens (including phenoxy) is 1. The molecule has 0 amide bonds. The summed E-state index contributed by atoms with van der Waals surface area (Å²) in [6, 6.07) is 16.0. The highest BCUT2D eigenvalue weighted by Gasteiger charge is 2.16. The first-order valence-electron chi connectivity index (χ1n) is 8.33. The molecule has 0 radical (unpaired) electrons. The number of carbonyl (C=O) groups is 1. The van der Waals surface area contributed by atoms with Gasteiger partial charge in [0.1, 0.15) is 6.61 Å². The third kappa shape index (κ3) is 3.69. The predicted octanol–water partition coefficient (Wildman–Crippen LogP) is 3.93. The number of rotatable bonds is 5. The highest BCUT2D eigenvalue weighted by atomic mass is 16.5. The molecule has 0 bridgehead atoms. The number of aryl methyl sites for hydroxylation is 1. The van der Waals surface area contributed by atoms with E-state index in [9.17, 15) is 4.79 Å². The molecule has 0 atom stereocenters. The van der Waals surface area contributed by atoms with Gasteiger partial charge in [-0.2, -0.15) is 0 Å². The van der Waals surface area contributed by atoms with E-state index in [1.807, 2.05) is 55.4 Å². The molecular formula is C21H22N2O2. The van der Waals surface area contributed by atoms with Gasteiger partial charge in [-0.25, -0.2) is 4.79 Å². The molecule has 0 aliphatic carbocycles. The van der Waals surface area contributed by atoms with Crippen LogP contribution in [0.5, 0.6) is 0 Å². The van der Waals surface area contributed by atoms with Crippen LogP contribution >= 0.6 is 0 Å². The Bertz CT molecular complexity index is 903. The number of aromatic nitrogens is 1. The van der Waals surface area contributed by atoms with Gasteiger partial charge in [-0.1, -0.05) is 48.5 Å². The van der Waals surface area contributed by atoms with Crippen molar-refractivity contribution in [1.29, 1.82) is 0 Å². The van der Waals surface area contributed by atoms with Crippen LogP contribution in [-0.4, -0.2) is 43.1 Å². The Morgan fingerprint density at radius 1 is 1.04 bits per heavy atom. The molecule has 1 aromatic heterocycles. The molecule has 0 saturated heterocycles. The van der Waals surface area contributed by atoms with Crippen molar-refractivity contribution >= 4 is 16.7 Å². The Labute approximate surface area is 148 Å². The molecule has 25 heavy (non-hydrogen) atoms. The van der Waals surface area contributed by atoms with E-state index in [1.165, 1.54) is 0 Å². The first kappa shape index (κ1) is 17.1. The summed E-state index contributed by atoms with van der Waals surface area (Å²) in [5.74, 6) is -0.332. The molecule has 0 fully saturated rings. The van der Waals surface area contributed by atoms with Gasteiger partial charge < -0.3 is 9.64 Å². The number of hydrogen-bond acceptors (Lipinski definition) is 4. The minimum atomic E-state index is -0.332. The Morgan fingerprint density at radius 3 is 2.44 bits per heavy atom. The molecule has 3 rings (SSSR count). The predicted molar refractivity (Wildman–Crippen MR) is 101 cm³/mol. The molecule has 0 saturated carbocycles. The van der Waals surface area contributed by atoms with Gasteiger partial charge in [0.2, 0.25) is 0 Å². The first-order chi connectivity index (χ1) is 12.1. The molecule has 128 valence electrons. The summed E-state index contributed by atoms with van der Waals surface area (Å²) in [6.45, 7) is 3.12. The summed E-state index contributed by atoms with van der Waals surface area (Å²) in [7, 11) is 3.89. The maximum atomic E-state index is 12.5. The number of likely N-dealkylation sites (N-methyl/N-ethyl adjacent to an activating group) is 1. The van der Waals surface area contributed by atoms with Crippen LogP contribution in [0, 0.1) is 6.92 Å². The van der Waals surface area contributed by atoms with E-state index in [0.29, 0.717) is 18.7 Å². The Kier molecular flexibility index (Phi) is 5.10. The van der Waals surface area contributed by atoms with E-state index >= 15 is 0 Å². The second-order valence-corrected chi connectivity index (χ2v) is 6.32. The van der Waals surface area contributed by atoms with Crippen molar-refractivity contribution in [3.8, 4) is 11.3 Å². The molecule has 0 unspecified atom stereocenters. The van der Waals surface area contributed by atoms with Crippen molar-refractivity contribution in [2.75, 3.05) is 27.2 Å². The maximum Gasteiger partial charge on any atom is 0.340 e. The van der Waals surface area contributed by atoms with Crippen molar-refractivity contribution in [3.63, 3.8) is 0 Å². The van der Waals surface area contributed by atoms with Gasteiger partial charge in [-0.3, -0.25) is 4.98 Å².